The first-order chi connectivity index (χ1) is 12.5. The number of H-pyrrole nitrogens is 1. The first kappa shape index (κ1) is 17.5. The molecule has 3 N–H and O–H groups in total. The molecule has 7 nitrogen and oxygen atoms in total. The van der Waals surface area contributed by atoms with Crippen molar-refractivity contribution < 1.29 is 14.6 Å². The molecule has 2 aromatic heterocycles. The fraction of sp³-hybridized carbons (Fsp3) is 0.556. The van der Waals surface area contributed by atoms with Crippen LogP contribution >= 0.6 is 11.3 Å². The van der Waals surface area contributed by atoms with Crippen LogP contribution in [0.5, 0.6) is 0 Å². The number of aromatic amines is 1. The lowest BCUT2D eigenvalue weighted by Crippen LogP contribution is -2.69. The molecule has 4 heterocycles. The molecule has 1 amide bonds. The zero-order valence-corrected chi connectivity index (χ0v) is 15.6. The van der Waals surface area contributed by atoms with Crippen molar-refractivity contribution in [3.05, 3.63) is 35.6 Å². The molecule has 0 bridgehead atoms. The highest BCUT2D eigenvalue weighted by Gasteiger charge is 2.54. The van der Waals surface area contributed by atoms with Crippen LogP contribution in [0.25, 0.3) is 0 Å². The Balaban J connectivity index is 1.47. The quantitative estimate of drug-likeness (QED) is 0.760. The van der Waals surface area contributed by atoms with Gasteiger partial charge in [-0.3, -0.25) is 4.79 Å². The van der Waals surface area contributed by atoms with Gasteiger partial charge in [0.05, 0.1) is 11.1 Å². The number of hydrogen-bond acceptors (Lipinski definition) is 6. The van der Waals surface area contributed by atoms with Crippen LogP contribution in [0.15, 0.2) is 29.9 Å². The molecule has 0 saturated carbocycles. The van der Waals surface area contributed by atoms with Gasteiger partial charge in [-0.1, -0.05) is 0 Å². The minimum Gasteiger partial charge on any atom is -0.388 e. The van der Waals surface area contributed by atoms with Crippen LogP contribution in [0.1, 0.15) is 36.7 Å². The number of piperidine rings is 1. The summed E-state index contributed by atoms with van der Waals surface area (Å²) in [5.41, 5.74) is -0.842. The van der Waals surface area contributed by atoms with E-state index in [0.717, 1.165) is 18.2 Å². The molecule has 0 radical (unpaired) electrons. The fourth-order valence-corrected chi connectivity index (χ4v) is 4.75. The van der Waals surface area contributed by atoms with E-state index in [4.69, 9.17) is 4.74 Å². The molecule has 26 heavy (non-hydrogen) atoms. The smallest absolute Gasteiger partial charge is 0.268 e. The Morgan fingerprint density at radius 2 is 2.27 bits per heavy atom. The molecule has 2 aromatic rings. The van der Waals surface area contributed by atoms with Crippen LogP contribution in [0, 0.1) is 0 Å². The molecule has 4 rings (SSSR count). The Kier molecular flexibility index (Phi) is 4.50. The molecule has 2 aliphatic heterocycles. The Labute approximate surface area is 156 Å². The molecular weight excluding hydrogens is 352 g/mol. The van der Waals surface area contributed by atoms with Crippen molar-refractivity contribution >= 4 is 22.4 Å². The van der Waals surface area contributed by atoms with E-state index in [2.05, 4.69) is 20.2 Å². The number of ether oxygens (including phenoxy) is 1. The van der Waals surface area contributed by atoms with E-state index >= 15 is 0 Å². The van der Waals surface area contributed by atoms with E-state index in [1.165, 1.54) is 0 Å². The zero-order valence-electron chi connectivity index (χ0n) is 14.8. The van der Waals surface area contributed by atoms with Crippen molar-refractivity contribution in [3.8, 4) is 0 Å². The number of anilines is 1. The van der Waals surface area contributed by atoms with Gasteiger partial charge in [-0.25, -0.2) is 4.98 Å². The summed E-state index contributed by atoms with van der Waals surface area (Å²) in [5, 5.41) is 17.2. The van der Waals surface area contributed by atoms with Gasteiger partial charge in [0.2, 0.25) is 0 Å². The number of thiazole rings is 1. The number of nitrogens with one attached hydrogen (secondary N) is 2. The Bertz CT molecular complexity index is 741. The highest BCUT2D eigenvalue weighted by atomic mass is 32.1. The van der Waals surface area contributed by atoms with Gasteiger partial charge in [0.25, 0.3) is 5.91 Å². The SMILES string of the molecule is C[C@]1(NC(=O)c2ccc[nH]2)CCOC2(CCN(c3nccs3)CC2)[C@@H]1O. The first-order valence-electron chi connectivity index (χ1n) is 8.95. The maximum atomic E-state index is 12.5. The third-order valence-electron chi connectivity index (χ3n) is 5.65. The van der Waals surface area contributed by atoms with E-state index in [1.807, 2.05) is 18.5 Å². The Hall–Kier alpha value is -1.90. The van der Waals surface area contributed by atoms with Gasteiger partial charge < -0.3 is 25.0 Å². The summed E-state index contributed by atoms with van der Waals surface area (Å²) in [6, 6.07) is 3.51. The summed E-state index contributed by atoms with van der Waals surface area (Å²) in [6.07, 6.45) is 4.76. The third kappa shape index (κ3) is 3.02. The van der Waals surface area contributed by atoms with Crippen LogP contribution in [-0.2, 0) is 4.74 Å². The average Bonchev–Trinajstić information content (AvgIpc) is 3.34. The lowest BCUT2D eigenvalue weighted by Gasteiger charge is -2.53. The summed E-state index contributed by atoms with van der Waals surface area (Å²) in [6.45, 7) is 4.00. The molecule has 2 aliphatic rings. The monoisotopic (exact) mass is 376 g/mol. The van der Waals surface area contributed by atoms with Crippen molar-refractivity contribution in [2.45, 2.75) is 43.4 Å². The summed E-state index contributed by atoms with van der Waals surface area (Å²) >= 11 is 1.62. The maximum absolute atomic E-state index is 12.5. The summed E-state index contributed by atoms with van der Waals surface area (Å²) in [7, 11) is 0. The normalized spacial score (nSPS) is 28.2. The predicted molar refractivity (Wildman–Crippen MR) is 99.5 cm³/mol. The Morgan fingerprint density at radius 3 is 2.92 bits per heavy atom. The van der Waals surface area contributed by atoms with Crippen molar-refractivity contribution in [2.75, 3.05) is 24.6 Å². The van der Waals surface area contributed by atoms with E-state index < -0.39 is 17.2 Å². The number of hydrogen-bond donors (Lipinski definition) is 3. The van der Waals surface area contributed by atoms with Crippen molar-refractivity contribution in [1.29, 1.82) is 0 Å². The number of aliphatic hydroxyl groups is 1. The second kappa shape index (κ2) is 6.68. The van der Waals surface area contributed by atoms with Gasteiger partial charge in [0.1, 0.15) is 11.8 Å². The van der Waals surface area contributed by atoms with Gasteiger partial charge in [-0.15, -0.1) is 11.3 Å². The molecular formula is C18H24N4O3S. The number of aromatic nitrogens is 2. The summed E-state index contributed by atoms with van der Waals surface area (Å²) < 4.78 is 6.10. The van der Waals surface area contributed by atoms with E-state index in [1.54, 1.807) is 29.7 Å². The van der Waals surface area contributed by atoms with Crippen molar-refractivity contribution in [2.24, 2.45) is 0 Å². The molecule has 140 valence electrons. The first-order valence-corrected chi connectivity index (χ1v) is 9.83. The van der Waals surface area contributed by atoms with Crippen LogP contribution in [0.3, 0.4) is 0 Å². The van der Waals surface area contributed by atoms with Crippen molar-refractivity contribution in [3.63, 3.8) is 0 Å². The molecule has 0 aromatic carbocycles. The standard InChI is InChI=1S/C18H24N4O3S/c1-17(21-14(23)13-3-2-7-19-13)6-11-25-18(15(17)24)4-9-22(10-5-18)16-20-8-12-26-16/h2-3,7-8,12,15,19,24H,4-6,9-11H2,1H3,(H,21,23)/t15-,17+/m1/s1. The highest BCUT2D eigenvalue weighted by Crippen LogP contribution is 2.41. The number of nitrogens with zero attached hydrogens (tertiary/aromatic N) is 2. The average molecular weight is 376 g/mol. The largest absolute Gasteiger partial charge is 0.388 e. The maximum Gasteiger partial charge on any atom is 0.268 e. The second-order valence-electron chi connectivity index (χ2n) is 7.32. The third-order valence-corrected chi connectivity index (χ3v) is 6.49. The summed E-state index contributed by atoms with van der Waals surface area (Å²) in [5.74, 6) is -0.200. The minimum absolute atomic E-state index is 0.200. The molecule has 2 fully saturated rings. The molecule has 0 unspecified atom stereocenters. The minimum atomic E-state index is -0.763. The predicted octanol–water partition coefficient (Wildman–Crippen LogP) is 1.78. The Morgan fingerprint density at radius 1 is 1.46 bits per heavy atom. The van der Waals surface area contributed by atoms with Gasteiger partial charge in [-0.05, 0) is 38.3 Å². The molecule has 0 aliphatic carbocycles. The van der Waals surface area contributed by atoms with Crippen molar-refractivity contribution in [1.82, 2.24) is 15.3 Å². The number of carbonyl (C=O) groups excluding carboxylic acids is 1. The number of rotatable bonds is 3. The fourth-order valence-electron chi connectivity index (χ4n) is 4.06. The van der Waals surface area contributed by atoms with Crippen LogP contribution in [-0.4, -0.2) is 57.9 Å². The number of carbonyl (C=O) groups is 1. The van der Waals surface area contributed by atoms with Gasteiger partial charge in [0, 0.05) is 37.5 Å². The number of aliphatic hydroxyl groups excluding tert-OH is 1. The van der Waals surface area contributed by atoms with Gasteiger partial charge in [0.15, 0.2) is 5.13 Å². The lowest BCUT2D eigenvalue weighted by molar-refractivity contribution is -0.195. The highest BCUT2D eigenvalue weighted by molar-refractivity contribution is 7.13. The lowest BCUT2D eigenvalue weighted by atomic mass is 9.73. The molecule has 2 saturated heterocycles. The van der Waals surface area contributed by atoms with Gasteiger partial charge >= 0.3 is 0 Å². The van der Waals surface area contributed by atoms with E-state index in [-0.39, 0.29) is 5.91 Å². The second-order valence-corrected chi connectivity index (χ2v) is 8.20. The molecule has 8 heteroatoms. The van der Waals surface area contributed by atoms with Gasteiger partial charge in [-0.2, -0.15) is 0 Å². The zero-order chi connectivity index (χ0) is 18.2. The molecule has 1 spiro atoms. The number of amides is 1. The van der Waals surface area contributed by atoms with Crippen LogP contribution < -0.4 is 10.2 Å². The summed E-state index contributed by atoms with van der Waals surface area (Å²) in [4.78, 5) is 22.0. The van der Waals surface area contributed by atoms with Crippen LogP contribution in [0.4, 0.5) is 5.13 Å². The molecule has 2 atom stereocenters. The van der Waals surface area contributed by atoms with E-state index in [9.17, 15) is 9.90 Å². The van der Waals surface area contributed by atoms with Crippen LogP contribution in [0.2, 0.25) is 0 Å². The van der Waals surface area contributed by atoms with E-state index in [0.29, 0.717) is 31.6 Å². The topological polar surface area (TPSA) is 90.5 Å².